The number of carbonyl (C=O) groups is 2. The van der Waals surface area contributed by atoms with E-state index in [-0.39, 0.29) is 24.2 Å². The van der Waals surface area contributed by atoms with Crippen LogP contribution in [0, 0.1) is 26.7 Å². The van der Waals surface area contributed by atoms with Crippen LogP contribution in [-0.4, -0.2) is 18.4 Å². The second-order valence-corrected chi connectivity index (χ2v) is 6.50. The molecule has 2 amide bonds. The first kappa shape index (κ1) is 16.2. The van der Waals surface area contributed by atoms with Crippen LogP contribution in [0.5, 0.6) is 0 Å². The summed E-state index contributed by atoms with van der Waals surface area (Å²) >= 11 is 0. The molecule has 2 aromatic carbocycles. The van der Waals surface area contributed by atoms with Crippen LogP contribution >= 0.6 is 0 Å². The topological polar surface area (TPSA) is 49.4 Å². The van der Waals surface area contributed by atoms with Gasteiger partial charge in [0.2, 0.25) is 11.8 Å². The fourth-order valence-corrected chi connectivity index (χ4v) is 3.34. The summed E-state index contributed by atoms with van der Waals surface area (Å²) in [4.78, 5) is 26.6. The van der Waals surface area contributed by atoms with E-state index in [1.165, 1.54) is 5.56 Å². The molecule has 1 atom stereocenters. The fraction of sp³-hybridized carbons (Fsp3) is 0.300. The second-order valence-electron chi connectivity index (χ2n) is 6.50. The Morgan fingerprint density at radius 3 is 2.33 bits per heavy atom. The summed E-state index contributed by atoms with van der Waals surface area (Å²) in [5.74, 6) is -0.409. The molecule has 0 aromatic heterocycles. The summed E-state index contributed by atoms with van der Waals surface area (Å²) in [5.41, 5.74) is 4.97. The van der Waals surface area contributed by atoms with Gasteiger partial charge in [-0.1, -0.05) is 35.9 Å². The van der Waals surface area contributed by atoms with E-state index in [0.717, 1.165) is 22.5 Å². The second kappa shape index (κ2) is 6.48. The summed E-state index contributed by atoms with van der Waals surface area (Å²) in [6.07, 6.45) is 0.255. The maximum absolute atomic E-state index is 12.6. The Morgan fingerprint density at radius 2 is 1.71 bits per heavy atom. The lowest BCUT2D eigenvalue weighted by atomic mass is 10.0. The molecule has 0 radical (unpaired) electrons. The van der Waals surface area contributed by atoms with Crippen molar-refractivity contribution in [1.29, 1.82) is 0 Å². The first-order valence-electron chi connectivity index (χ1n) is 8.20. The van der Waals surface area contributed by atoms with Crippen LogP contribution < -0.4 is 10.2 Å². The van der Waals surface area contributed by atoms with E-state index in [9.17, 15) is 9.59 Å². The van der Waals surface area contributed by atoms with Crippen molar-refractivity contribution in [2.24, 2.45) is 5.92 Å². The minimum Gasteiger partial charge on any atom is -0.325 e. The van der Waals surface area contributed by atoms with Gasteiger partial charge in [0.05, 0.1) is 5.92 Å². The van der Waals surface area contributed by atoms with Crippen molar-refractivity contribution in [3.63, 3.8) is 0 Å². The average Bonchev–Trinajstić information content (AvgIpc) is 2.93. The molecule has 1 saturated heterocycles. The molecular formula is C20H22N2O2. The zero-order valence-corrected chi connectivity index (χ0v) is 14.3. The number of amides is 2. The zero-order chi connectivity index (χ0) is 17.3. The number of hydrogen-bond acceptors (Lipinski definition) is 2. The summed E-state index contributed by atoms with van der Waals surface area (Å²) in [7, 11) is 0. The molecule has 3 rings (SSSR count). The maximum Gasteiger partial charge on any atom is 0.229 e. The average molecular weight is 322 g/mol. The van der Waals surface area contributed by atoms with Gasteiger partial charge < -0.3 is 10.2 Å². The number of nitrogens with zero attached hydrogens (tertiary/aromatic N) is 1. The molecule has 1 N–H and O–H groups in total. The highest BCUT2D eigenvalue weighted by molar-refractivity contribution is 6.03. The molecule has 0 saturated carbocycles. The largest absolute Gasteiger partial charge is 0.325 e. The standard InChI is InChI=1S/C20H22N2O2/c1-13-9-14(2)19(15(3)10-13)21-20(24)16-11-18(23)22(12-16)17-7-5-4-6-8-17/h4-10,16H,11-12H2,1-3H3,(H,21,24)/t16-/m0/s1. The van der Waals surface area contributed by atoms with Crippen molar-refractivity contribution in [3.05, 3.63) is 59.2 Å². The molecule has 1 aliphatic rings. The Bertz CT molecular complexity index is 760. The number of para-hydroxylation sites is 1. The molecular weight excluding hydrogens is 300 g/mol. The molecule has 4 heteroatoms. The van der Waals surface area contributed by atoms with E-state index in [1.54, 1.807) is 4.90 Å². The predicted octanol–water partition coefficient (Wildman–Crippen LogP) is 3.60. The molecule has 24 heavy (non-hydrogen) atoms. The first-order chi connectivity index (χ1) is 11.5. The van der Waals surface area contributed by atoms with Crippen molar-refractivity contribution in [2.45, 2.75) is 27.2 Å². The monoisotopic (exact) mass is 322 g/mol. The molecule has 1 heterocycles. The normalized spacial score (nSPS) is 17.2. The quantitative estimate of drug-likeness (QED) is 0.938. The lowest BCUT2D eigenvalue weighted by molar-refractivity contribution is -0.122. The van der Waals surface area contributed by atoms with Gasteiger partial charge in [0.25, 0.3) is 0 Å². The van der Waals surface area contributed by atoms with Crippen molar-refractivity contribution < 1.29 is 9.59 Å². The Labute approximate surface area is 142 Å². The minimum absolute atomic E-state index is 0.00120. The number of rotatable bonds is 3. The Kier molecular flexibility index (Phi) is 4.38. The molecule has 0 unspecified atom stereocenters. The Morgan fingerprint density at radius 1 is 1.08 bits per heavy atom. The van der Waals surface area contributed by atoms with Crippen LogP contribution in [0.3, 0.4) is 0 Å². The number of nitrogens with one attached hydrogen (secondary N) is 1. The SMILES string of the molecule is Cc1cc(C)c(NC(=O)[C@H]2CC(=O)N(c3ccccc3)C2)c(C)c1. The third-order valence-electron chi connectivity index (χ3n) is 4.49. The molecule has 0 bridgehead atoms. The van der Waals surface area contributed by atoms with Gasteiger partial charge in [-0.2, -0.15) is 0 Å². The predicted molar refractivity (Wildman–Crippen MR) is 96.2 cm³/mol. The summed E-state index contributed by atoms with van der Waals surface area (Å²) in [6.45, 7) is 6.45. The highest BCUT2D eigenvalue weighted by Crippen LogP contribution is 2.27. The summed E-state index contributed by atoms with van der Waals surface area (Å²) in [6, 6.07) is 13.6. The van der Waals surface area contributed by atoms with E-state index in [2.05, 4.69) is 17.4 Å². The van der Waals surface area contributed by atoms with Gasteiger partial charge in [0, 0.05) is 24.3 Å². The molecule has 0 aliphatic carbocycles. The number of hydrogen-bond donors (Lipinski definition) is 1. The van der Waals surface area contributed by atoms with Crippen LogP contribution in [0.25, 0.3) is 0 Å². The van der Waals surface area contributed by atoms with Crippen molar-refractivity contribution >= 4 is 23.2 Å². The van der Waals surface area contributed by atoms with Gasteiger partial charge >= 0.3 is 0 Å². The van der Waals surface area contributed by atoms with Gasteiger partial charge in [-0.15, -0.1) is 0 Å². The zero-order valence-electron chi connectivity index (χ0n) is 14.3. The van der Waals surface area contributed by atoms with Gasteiger partial charge in [-0.25, -0.2) is 0 Å². The highest BCUT2D eigenvalue weighted by atomic mass is 16.2. The van der Waals surface area contributed by atoms with Crippen molar-refractivity contribution in [3.8, 4) is 0 Å². The number of benzene rings is 2. The van der Waals surface area contributed by atoms with Gasteiger partial charge in [-0.3, -0.25) is 9.59 Å². The molecule has 2 aromatic rings. The van der Waals surface area contributed by atoms with Crippen LogP contribution in [0.1, 0.15) is 23.1 Å². The third kappa shape index (κ3) is 3.18. The van der Waals surface area contributed by atoms with Crippen LogP contribution in [-0.2, 0) is 9.59 Å². The number of carbonyl (C=O) groups excluding carboxylic acids is 2. The Balaban J connectivity index is 1.74. The Hall–Kier alpha value is -2.62. The van der Waals surface area contributed by atoms with Crippen LogP contribution in [0.2, 0.25) is 0 Å². The molecule has 124 valence electrons. The van der Waals surface area contributed by atoms with Crippen molar-refractivity contribution in [2.75, 3.05) is 16.8 Å². The summed E-state index contributed by atoms with van der Waals surface area (Å²) < 4.78 is 0. The van der Waals surface area contributed by atoms with Gasteiger partial charge in [0.1, 0.15) is 0 Å². The minimum atomic E-state index is -0.321. The lowest BCUT2D eigenvalue weighted by Crippen LogP contribution is -2.28. The van der Waals surface area contributed by atoms with E-state index in [0.29, 0.717) is 6.54 Å². The van der Waals surface area contributed by atoms with E-state index >= 15 is 0 Å². The highest BCUT2D eigenvalue weighted by Gasteiger charge is 2.35. The fourth-order valence-electron chi connectivity index (χ4n) is 3.34. The lowest BCUT2D eigenvalue weighted by Gasteiger charge is -2.17. The first-order valence-corrected chi connectivity index (χ1v) is 8.20. The molecule has 1 aliphatic heterocycles. The molecule has 4 nitrogen and oxygen atoms in total. The van der Waals surface area contributed by atoms with Crippen LogP contribution in [0.15, 0.2) is 42.5 Å². The third-order valence-corrected chi connectivity index (χ3v) is 4.49. The smallest absolute Gasteiger partial charge is 0.229 e. The number of aryl methyl sites for hydroxylation is 3. The van der Waals surface area contributed by atoms with Gasteiger partial charge in [0.15, 0.2) is 0 Å². The van der Waals surface area contributed by atoms with Gasteiger partial charge in [-0.05, 0) is 44.0 Å². The van der Waals surface area contributed by atoms with E-state index in [1.807, 2.05) is 51.1 Å². The molecule has 1 fully saturated rings. The molecule has 0 spiro atoms. The van der Waals surface area contributed by atoms with Crippen molar-refractivity contribution in [1.82, 2.24) is 0 Å². The van der Waals surface area contributed by atoms with E-state index in [4.69, 9.17) is 0 Å². The number of anilines is 2. The van der Waals surface area contributed by atoms with Crippen LogP contribution in [0.4, 0.5) is 11.4 Å². The summed E-state index contributed by atoms with van der Waals surface area (Å²) in [5, 5.41) is 3.02. The van der Waals surface area contributed by atoms with E-state index < -0.39 is 0 Å². The maximum atomic E-state index is 12.6.